The lowest BCUT2D eigenvalue weighted by Crippen LogP contribution is -2.52. The second kappa shape index (κ2) is 6.33. The van der Waals surface area contributed by atoms with Crippen LogP contribution >= 0.6 is 15.9 Å². The summed E-state index contributed by atoms with van der Waals surface area (Å²) in [5.74, 6) is -0.340. The van der Waals surface area contributed by atoms with Crippen LogP contribution in [-0.2, 0) is 9.59 Å². The third-order valence-corrected chi connectivity index (χ3v) is 4.60. The largest absolute Gasteiger partial charge is 0.457 e. The van der Waals surface area contributed by atoms with Crippen molar-refractivity contribution in [1.29, 1.82) is 0 Å². The zero-order valence-corrected chi connectivity index (χ0v) is 15.5. The first-order chi connectivity index (χ1) is 11.8. The zero-order chi connectivity index (χ0) is 18.3. The molecule has 1 aromatic heterocycles. The molecule has 2 heterocycles. The van der Waals surface area contributed by atoms with Crippen LogP contribution in [0.1, 0.15) is 11.3 Å². The van der Waals surface area contributed by atoms with E-state index in [9.17, 15) is 14.4 Å². The molecule has 0 radical (unpaired) electrons. The summed E-state index contributed by atoms with van der Waals surface area (Å²) in [4.78, 5) is 38.0. The number of benzene rings is 1. The minimum absolute atomic E-state index is 0.117. The Labute approximate surface area is 152 Å². The van der Waals surface area contributed by atoms with Gasteiger partial charge in [-0.25, -0.2) is 4.79 Å². The van der Waals surface area contributed by atoms with Gasteiger partial charge in [0.1, 0.15) is 17.1 Å². The van der Waals surface area contributed by atoms with Crippen molar-refractivity contribution in [2.45, 2.75) is 6.92 Å². The summed E-state index contributed by atoms with van der Waals surface area (Å²) in [6.45, 7) is 1.99. The summed E-state index contributed by atoms with van der Waals surface area (Å²) in [6.07, 6.45) is 1.36. The average Bonchev–Trinajstić information content (AvgIpc) is 3.03. The highest BCUT2D eigenvalue weighted by atomic mass is 79.9. The van der Waals surface area contributed by atoms with Gasteiger partial charge in [-0.15, -0.1) is 0 Å². The Kier molecular flexibility index (Phi) is 4.34. The Bertz CT molecular complexity index is 903. The monoisotopic (exact) mass is 402 g/mol. The van der Waals surface area contributed by atoms with Gasteiger partial charge < -0.3 is 4.42 Å². The quantitative estimate of drug-likeness (QED) is 0.569. The van der Waals surface area contributed by atoms with Gasteiger partial charge in [-0.05, 0) is 42.8 Å². The third-order valence-electron chi connectivity index (χ3n) is 3.95. The number of halogens is 1. The van der Waals surface area contributed by atoms with E-state index < -0.39 is 17.8 Å². The molecule has 7 heteroatoms. The van der Waals surface area contributed by atoms with Crippen LogP contribution in [0, 0.1) is 6.92 Å². The van der Waals surface area contributed by atoms with Crippen LogP contribution in [0.15, 0.2) is 44.8 Å². The highest BCUT2D eigenvalue weighted by molar-refractivity contribution is 9.10. The Morgan fingerprint density at radius 1 is 1.00 bits per heavy atom. The average molecular weight is 403 g/mol. The first-order valence-electron chi connectivity index (χ1n) is 7.47. The normalized spacial score (nSPS) is 15.2. The molecule has 6 nitrogen and oxygen atoms in total. The van der Waals surface area contributed by atoms with Gasteiger partial charge in [0, 0.05) is 24.1 Å². The number of imide groups is 2. The second-order valence-corrected chi connectivity index (χ2v) is 6.61. The number of urea groups is 1. The van der Waals surface area contributed by atoms with E-state index in [0.29, 0.717) is 11.5 Å². The predicted octanol–water partition coefficient (Wildman–Crippen LogP) is 3.45. The number of barbiturate groups is 1. The van der Waals surface area contributed by atoms with E-state index in [4.69, 9.17) is 4.42 Å². The van der Waals surface area contributed by atoms with E-state index >= 15 is 0 Å². The van der Waals surface area contributed by atoms with Crippen molar-refractivity contribution in [2.75, 3.05) is 14.1 Å². The molecule has 2 aromatic rings. The molecule has 0 aliphatic carbocycles. The van der Waals surface area contributed by atoms with Gasteiger partial charge in [-0.1, -0.05) is 22.0 Å². The molecule has 0 atom stereocenters. The molecule has 0 bridgehead atoms. The first-order valence-corrected chi connectivity index (χ1v) is 8.27. The van der Waals surface area contributed by atoms with Crippen LogP contribution in [0.4, 0.5) is 4.79 Å². The highest BCUT2D eigenvalue weighted by Gasteiger charge is 2.38. The van der Waals surface area contributed by atoms with Crippen LogP contribution in [-0.4, -0.2) is 41.7 Å². The van der Waals surface area contributed by atoms with Crippen molar-refractivity contribution >= 4 is 39.9 Å². The number of likely N-dealkylation sites (N-methyl/N-ethyl adjacent to an activating group) is 2. The maximum Gasteiger partial charge on any atom is 0.333 e. The molecule has 3 rings (SSSR count). The molecule has 1 aliphatic heterocycles. The molecular formula is C18H15BrN2O4. The molecule has 1 aliphatic rings. The Hall–Kier alpha value is -2.67. The lowest BCUT2D eigenvalue weighted by atomic mass is 10.1. The van der Waals surface area contributed by atoms with Crippen molar-refractivity contribution in [1.82, 2.24) is 9.80 Å². The van der Waals surface area contributed by atoms with Crippen LogP contribution in [0.5, 0.6) is 0 Å². The SMILES string of the molecule is Cc1ccc(-c2ccc(C=C3C(=O)N(C)C(=O)N(C)C3=O)o2)c(Br)c1. The Morgan fingerprint density at radius 2 is 1.64 bits per heavy atom. The minimum Gasteiger partial charge on any atom is -0.457 e. The number of hydrogen-bond donors (Lipinski definition) is 0. The fraction of sp³-hybridized carbons (Fsp3) is 0.167. The zero-order valence-electron chi connectivity index (χ0n) is 13.9. The van der Waals surface area contributed by atoms with E-state index in [-0.39, 0.29) is 5.57 Å². The molecule has 0 spiro atoms. The van der Waals surface area contributed by atoms with Gasteiger partial charge in [-0.3, -0.25) is 19.4 Å². The van der Waals surface area contributed by atoms with Crippen molar-refractivity contribution < 1.29 is 18.8 Å². The van der Waals surface area contributed by atoms with Crippen LogP contribution < -0.4 is 0 Å². The molecular weight excluding hydrogens is 388 g/mol. The summed E-state index contributed by atoms with van der Waals surface area (Å²) in [5, 5.41) is 0. The van der Waals surface area contributed by atoms with Crippen LogP contribution in [0.3, 0.4) is 0 Å². The number of hydrogen-bond acceptors (Lipinski definition) is 4. The van der Waals surface area contributed by atoms with Gasteiger partial charge in [0.05, 0.1) is 0 Å². The van der Waals surface area contributed by atoms with Gasteiger partial charge in [-0.2, -0.15) is 0 Å². The number of carbonyl (C=O) groups is 3. The maximum absolute atomic E-state index is 12.2. The minimum atomic E-state index is -0.657. The van der Waals surface area contributed by atoms with E-state index in [1.807, 2.05) is 25.1 Å². The molecule has 1 fully saturated rings. The number of furan rings is 1. The Morgan fingerprint density at radius 3 is 2.24 bits per heavy atom. The second-order valence-electron chi connectivity index (χ2n) is 5.75. The lowest BCUT2D eigenvalue weighted by Gasteiger charge is -2.28. The fourth-order valence-electron chi connectivity index (χ4n) is 2.51. The van der Waals surface area contributed by atoms with Crippen molar-refractivity contribution in [3.63, 3.8) is 0 Å². The lowest BCUT2D eigenvalue weighted by molar-refractivity contribution is -0.134. The van der Waals surface area contributed by atoms with Gasteiger partial charge in [0.25, 0.3) is 11.8 Å². The van der Waals surface area contributed by atoms with Crippen LogP contribution in [0.25, 0.3) is 17.4 Å². The predicted molar refractivity (Wildman–Crippen MR) is 95.5 cm³/mol. The topological polar surface area (TPSA) is 70.8 Å². The van der Waals surface area contributed by atoms with E-state index in [1.54, 1.807) is 12.1 Å². The van der Waals surface area contributed by atoms with Gasteiger partial charge >= 0.3 is 6.03 Å². The van der Waals surface area contributed by atoms with Crippen molar-refractivity contribution in [3.05, 3.63) is 51.7 Å². The molecule has 0 saturated carbocycles. The summed E-state index contributed by atoms with van der Waals surface area (Å²) >= 11 is 3.50. The summed E-state index contributed by atoms with van der Waals surface area (Å²) in [5.41, 5.74) is 1.85. The number of aryl methyl sites for hydroxylation is 1. The maximum atomic E-state index is 12.2. The van der Waals surface area contributed by atoms with Crippen LogP contribution in [0.2, 0.25) is 0 Å². The molecule has 1 saturated heterocycles. The van der Waals surface area contributed by atoms with E-state index in [2.05, 4.69) is 15.9 Å². The number of nitrogens with zero attached hydrogens (tertiary/aromatic N) is 2. The van der Waals surface area contributed by atoms with E-state index in [0.717, 1.165) is 25.4 Å². The summed E-state index contributed by atoms with van der Waals surface area (Å²) in [7, 11) is 2.66. The molecule has 25 heavy (non-hydrogen) atoms. The van der Waals surface area contributed by atoms with Gasteiger partial charge in [0.15, 0.2) is 0 Å². The fourth-order valence-corrected chi connectivity index (χ4v) is 3.20. The molecule has 128 valence electrons. The number of carbonyl (C=O) groups excluding carboxylic acids is 3. The van der Waals surface area contributed by atoms with E-state index in [1.165, 1.54) is 20.2 Å². The first kappa shape index (κ1) is 17.2. The molecule has 1 aromatic carbocycles. The van der Waals surface area contributed by atoms with Crippen molar-refractivity contribution in [2.24, 2.45) is 0 Å². The number of amides is 4. The number of rotatable bonds is 2. The standard InChI is InChI=1S/C18H15BrN2O4/c1-10-4-6-12(14(19)8-10)15-7-5-11(25-15)9-13-16(22)20(2)18(24)21(3)17(13)23/h4-9H,1-3H3. The molecule has 0 N–H and O–H groups in total. The van der Waals surface area contributed by atoms with Gasteiger partial charge in [0.2, 0.25) is 0 Å². The molecule has 4 amide bonds. The van der Waals surface area contributed by atoms with Crippen molar-refractivity contribution in [3.8, 4) is 11.3 Å². The highest BCUT2D eigenvalue weighted by Crippen LogP contribution is 2.31. The summed E-state index contributed by atoms with van der Waals surface area (Å²) in [6, 6.07) is 8.64. The molecule has 0 unspecified atom stereocenters. The smallest absolute Gasteiger partial charge is 0.333 e. The third kappa shape index (κ3) is 3.02. The summed E-state index contributed by atoms with van der Waals surface area (Å²) < 4.78 is 6.64. The Balaban J connectivity index is 1.97.